The second-order valence-corrected chi connectivity index (χ2v) is 5.83. The van der Waals surface area contributed by atoms with Gasteiger partial charge in [0.15, 0.2) is 0 Å². The van der Waals surface area contributed by atoms with E-state index >= 15 is 0 Å². The Kier molecular flexibility index (Phi) is 8.78. The van der Waals surface area contributed by atoms with Crippen LogP contribution in [0.3, 0.4) is 0 Å². The average Bonchev–Trinajstić information content (AvgIpc) is 2.25. The molecule has 2 nitrogen and oxygen atoms in total. The van der Waals surface area contributed by atoms with Gasteiger partial charge in [-0.05, 0) is 52.9 Å². The average molecular weight is 254 g/mol. The van der Waals surface area contributed by atoms with E-state index in [2.05, 4.69) is 26.0 Å². The van der Waals surface area contributed by atoms with Crippen LogP contribution in [0, 0.1) is 5.92 Å². The first-order valence-electron chi connectivity index (χ1n) is 7.28. The lowest BCUT2D eigenvalue weighted by molar-refractivity contribution is -0.160. The number of hydrogen-bond donors (Lipinski definition) is 0. The zero-order chi connectivity index (χ0) is 14.0. The number of carbonyl (C=O) groups is 1. The van der Waals surface area contributed by atoms with Gasteiger partial charge in [-0.3, -0.25) is 4.79 Å². The molecule has 106 valence electrons. The highest BCUT2D eigenvalue weighted by atomic mass is 16.6. The molecule has 0 aliphatic carbocycles. The molecule has 1 unspecified atom stereocenters. The maximum Gasteiger partial charge on any atom is 0.309 e. The highest BCUT2D eigenvalue weighted by Crippen LogP contribution is 2.18. The third-order valence-corrected chi connectivity index (χ3v) is 2.78. The summed E-state index contributed by atoms with van der Waals surface area (Å²) in [5.74, 6) is 0.0198. The van der Waals surface area contributed by atoms with Crippen molar-refractivity contribution in [2.75, 3.05) is 0 Å². The summed E-state index contributed by atoms with van der Waals surface area (Å²) in [6.07, 6.45) is 10.8. The lowest BCUT2D eigenvalue weighted by atomic mass is 9.99. The third kappa shape index (κ3) is 9.26. The monoisotopic (exact) mass is 254 g/mol. The Hall–Kier alpha value is -0.790. The number of rotatable bonds is 8. The van der Waals surface area contributed by atoms with E-state index < -0.39 is 0 Å². The molecule has 18 heavy (non-hydrogen) atoms. The predicted octanol–water partition coefficient (Wildman–Crippen LogP) is 4.88. The van der Waals surface area contributed by atoms with E-state index in [0.29, 0.717) is 0 Å². The van der Waals surface area contributed by atoms with Crippen molar-refractivity contribution in [3.8, 4) is 0 Å². The molecule has 0 radical (unpaired) electrons. The molecule has 0 bridgehead atoms. The first-order valence-corrected chi connectivity index (χ1v) is 7.28. The van der Waals surface area contributed by atoms with E-state index in [0.717, 1.165) is 32.1 Å². The smallest absolute Gasteiger partial charge is 0.309 e. The zero-order valence-electron chi connectivity index (χ0n) is 12.8. The number of hydrogen-bond acceptors (Lipinski definition) is 2. The van der Waals surface area contributed by atoms with Crippen molar-refractivity contribution >= 4 is 5.97 Å². The van der Waals surface area contributed by atoms with Crippen molar-refractivity contribution in [3.63, 3.8) is 0 Å². The fourth-order valence-electron chi connectivity index (χ4n) is 1.76. The van der Waals surface area contributed by atoms with Gasteiger partial charge in [-0.1, -0.05) is 32.4 Å². The normalized spacial score (nSPS) is 13.8. The number of carbonyl (C=O) groups excluding carboxylic acids is 1. The van der Waals surface area contributed by atoms with Gasteiger partial charge in [-0.15, -0.1) is 0 Å². The molecule has 0 saturated heterocycles. The van der Waals surface area contributed by atoms with Gasteiger partial charge in [0.2, 0.25) is 0 Å². The van der Waals surface area contributed by atoms with Crippen LogP contribution in [0.15, 0.2) is 12.2 Å². The Balaban J connectivity index is 3.93. The predicted molar refractivity (Wildman–Crippen MR) is 77.5 cm³/mol. The topological polar surface area (TPSA) is 26.3 Å². The first-order chi connectivity index (χ1) is 8.40. The van der Waals surface area contributed by atoms with E-state index in [-0.39, 0.29) is 17.5 Å². The number of allylic oxidation sites excluding steroid dienone is 2. The molecule has 0 amide bonds. The largest absolute Gasteiger partial charge is 0.460 e. The van der Waals surface area contributed by atoms with Crippen LogP contribution in [0.2, 0.25) is 0 Å². The molecular formula is C16H30O2. The van der Waals surface area contributed by atoms with Crippen LogP contribution in [0.1, 0.15) is 73.1 Å². The van der Waals surface area contributed by atoms with Crippen LogP contribution < -0.4 is 0 Å². The summed E-state index contributed by atoms with van der Waals surface area (Å²) in [5.41, 5.74) is -0.370. The minimum Gasteiger partial charge on any atom is -0.460 e. The van der Waals surface area contributed by atoms with Gasteiger partial charge in [0.25, 0.3) is 0 Å². The number of ether oxygens (including phenoxy) is 1. The fraction of sp³-hybridized carbons (Fsp3) is 0.812. The van der Waals surface area contributed by atoms with Gasteiger partial charge in [0.1, 0.15) is 5.60 Å². The molecule has 0 fully saturated rings. The molecule has 2 heteroatoms. The molecule has 0 rings (SSSR count). The van der Waals surface area contributed by atoms with Crippen LogP contribution >= 0.6 is 0 Å². The van der Waals surface area contributed by atoms with Crippen LogP contribution in [-0.4, -0.2) is 11.6 Å². The molecule has 0 aliphatic heterocycles. The summed E-state index contributed by atoms with van der Waals surface area (Å²) in [6, 6.07) is 0. The Bertz CT molecular complexity index is 248. The zero-order valence-corrected chi connectivity index (χ0v) is 12.8. The van der Waals surface area contributed by atoms with Gasteiger partial charge in [0, 0.05) is 0 Å². The lowest BCUT2D eigenvalue weighted by Crippen LogP contribution is -2.28. The Morgan fingerprint density at radius 2 is 1.78 bits per heavy atom. The van der Waals surface area contributed by atoms with Crippen molar-refractivity contribution in [1.29, 1.82) is 0 Å². The van der Waals surface area contributed by atoms with E-state index in [1.807, 2.05) is 20.8 Å². The van der Waals surface area contributed by atoms with Crippen molar-refractivity contribution in [2.45, 2.75) is 78.7 Å². The molecule has 0 aromatic carbocycles. The van der Waals surface area contributed by atoms with Gasteiger partial charge in [-0.2, -0.15) is 0 Å². The number of unbranched alkanes of at least 4 members (excludes halogenated alkanes) is 2. The molecule has 1 atom stereocenters. The van der Waals surface area contributed by atoms with Gasteiger partial charge in [0.05, 0.1) is 5.92 Å². The summed E-state index contributed by atoms with van der Waals surface area (Å²) >= 11 is 0. The third-order valence-electron chi connectivity index (χ3n) is 2.78. The van der Waals surface area contributed by atoms with Gasteiger partial charge >= 0.3 is 5.97 Å². The fourth-order valence-corrected chi connectivity index (χ4v) is 1.76. The summed E-state index contributed by atoms with van der Waals surface area (Å²) < 4.78 is 5.43. The second-order valence-electron chi connectivity index (χ2n) is 5.83. The molecule has 0 saturated carbocycles. The van der Waals surface area contributed by atoms with Crippen LogP contribution in [0.25, 0.3) is 0 Å². The highest BCUT2D eigenvalue weighted by molar-refractivity contribution is 5.72. The summed E-state index contributed by atoms with van der Waals surface area (Å²) in [4.78, 5) is 11.9. The van der Waals surface area contributed by atoms with Gasteiger partial charge < -0.3 is 4.74 Å². The molecule has 0 aromatic heterocycles. The summed E-state index contributed by atoms with van der Waals surface area (Å²) in [7, 11) is 0. The molecule has 0 aromatic rings. The summed E-state index contributed by atoms with van der Waals surface area (Å²) in [5, 5.41) is 0. The second kappa shape index (κ2) is 9.18. The van der Waals surface area contributed by atoms with Crippen LogP contribution in [0.5, 0.6) is 0 Å². The Labute approximate surface area is 113 Å². The first kappa shape index (κ1) is 17.2. The minimum absolute atomic E-state index is 0.0393. The minimum atomic E-state index is -0.370. The number of esters is 1. The maximum atomic E-state index is 11.9. The van der Waals surface area contributed by atoms with E-state index in [1.165, 1.54) is 6.42 Å². The van der Waals surface area contributed by atoms with Gasteiger partial charge in [-0.25, -0.2) is 0 Å². The summed E-state index contributed by atoms with van der Waals surface area (Å²) in [6.45, 7) is 10.0. The molecular weight excluding hydrogens is 224 g/mol. The quantitative estimate of drug-likeness (QED) is 0.350. The van der Waals surface area contributed by atoms with Crippen molar-refractivity contribution in [1.82, 2.24) is 0 Å². The van der Waals surface area contributed by atoms with Crippen molar-refractivity contribution < 1.29 is 9.53 Å². The standard InChI is InChI=1S/C16H30O2/c1-6-8-9-10-11-12-13-14(7-2)15(17)18-16(3,4)5/h9-10,14H,6-8,11-13H2,1-5H3. The highest BCUT2D eigenvalue weighted by Gasteiger charge is 2.23. The lowest BCUT2D eigenvalue weighted by Gasteiger charge is -2.23. The SMILES string of the molecule is CCCC=CCCCC(CC)C(=O)OC(C)(C)C. The van der Waals surface area contributed by atoms with Crippen LogP contribution in [0.4, 0.5) is 0 Å². The van der Waals surface area contributed by atoms with E-state index in [1.54, 1.807) is 0 Å². The molecule has 0 spiro atoms. The van der Waals surface area contributed by atoms with Crippen molar-refractivity contribution in [3.05, 3.63) is 12.2 Å². The maximum absolute atomic E-state index is 11.9. The molecule has 0 aliphatic rings. The van der Waals surface area contributed by atoms with Crippen molar-refractivity contribution in [2.24, 2.45) is 5.92 Å². The van der Waals surface area contributed by atoms with Crippen LogP contribution in [-0.2, 0) is 9.53 Å². The van der Waals surface area contributed by atoms with E-state index in [9.17, 15) is 4.79 Å². The Morgan fingerprint density at radius 1 is 1.17 bits per heavy atom. The molecule has 0 N–H and O–H groups in total. The Morgan fingerprint density at radius 3 is 2.28 bits per heavy atom. The van der Waals surface area contributed by atoms with E-state index in [4.69, 9.17) is 4.74 Å². The molecule has 0 heterocycles.